The van der Waals surface area contributed by atoms with Crippen LogP contribution in [0.4, 0.5) is 11.8 Å². The first-order chi connectivity index (χ1) is 17.5. The van der Waals surface area contributed by atoms with Crippen LogP contribution in [-0.2, 0) is 9.53 Å². The number of likely N-dealkylation sites (N-methyl/N-ethyl adjacent to an activating group) is 1. The Balaban J connectivity index is 1.14. The third-order valence-corrected chi connectivity index (χ3v) is 6.33. The largest absolute Gasteiger partial charge is 0.481 e. The molecule has 36 heavy (non-hydrogen) atoms. The van der Waals surface area contributed by atoms with Crippen LogP contribution in [0.5, 0.6) is 11.8 Å². The minimum atomic E-state index is -0.122. The second-order valence-corrected chi connectivity index (χ2v) is 9.08. The molecule has 3 aromatic rings. The summed E-state index contributed by atoms with van der Waals surface area (Å²) >= 11 is 0. The molecule has 3 aromatic heterocycles. The highest BCUT2D eigenvalue weighted by atomic mass is 16.5. The van der Waals surface area contributed by atoms with Gasteiger partial charge in [0.25, 0.3) is 5.91 Å². The lowest BCUT2D eigenvalue weighted by atomic mass is 9.93. The van der Waals surface area contributed by atoms with Gasteiger partial charge in [-0.2, -0.15) is 14.6 Å². The van der Waals surface area contributed by atoms with Gasteiger partial charge in [-0.15, -0.1) is 0 Å². The highest BCUT2D eigenvalue weighted by Gasteiger charge is 2.25. The zero-order chi connectivity index (χ0) is 24.9. The van der Waals surface area contributed by atoms with Crippen LogP contribution >= 0.6 is 0 Å². The Morgan fingerprint density at radius 1 is 1.14 bits per heavy atom. The average Bonchev–Trinajstić information content (AvgIpc) is 3.39. The second kappa shape index (κ2) is 10.9. The number of rotatable bonds is 8. The number of aromatic nitrogens is 6. The van der Waals surface area contributed by atoms with Gasteiger partial charge in [0.1, 0.15) is 18.2 Å². The molecule has 1 aliphatic heterocycles. The predicted octanol–water partition coefficient (Wildman–Crippen LogP) is 1.02. The van der Waals surface area contributed by atoms with Crippen molar-refractivity contribution in [2.75, 3.05) is 57.2 Å². The number of fused-ring (bicyclic) bond motifs is 1. The van der Waals surface area contributed by atoms with Crippen LogP contribution in [0, 0.1) is 0 Å². The van der Waals surface area contributed by atoms with Crippen molar-refractivity contribution in [3.63, 3.8) is 0 Å². The van der Waals surface area contributed by atoms with E-state index in [-0.39, 0.29) is 24.7 Å². The van der Waals surface area contributed by atoms with Gasteiger partial charge in [-0.25, -0.2) is 15.0 Å². The SMILES string of the molecule is CN(C)C(=O)COc1cnc(NC2CCC(Oc3nc(N4CCOCC4)cc4ncnn34)CC2)nc1. The van der Waals surface area contributed by atoms with E-state index in [0.29, 0.717) is 36.6 Å². The molecule has 0 bridgehead atoms. The lowest BCUT2D eigenvalue weighted by Gasteiger charge is -2.30. The molecule has 1 amide bonds. The van der Waals surface area contributed by atoms with Crippen LogP contribution in [0.15, 0.2) is 24.8 Å². The van der Waals surface area contributed by atoms with Gasteiger partial charge in [-0.05, 0) is 25.7 Å². The van der Waals surface area contributed by atoms with E-state index in [1.807, 2.05) is 6.07 Å². The van der Waals surface area contributed by atoms with Crippen molar-refractivity contribution in [1.29, 1.82) is 0 Å². The van der Waals surface area contributed by atoms with Gasteiger partial charge < -0.3 is 29.3 Å². The van der Waals surface area contributed by atoms with E-state index in [1.54, 1.807) is 31.0 Å². The Labute approximate surface area is 208 Å². The summed E-state index contributed by atoms with van der Waals surface area (Å²) in [6.45, 7) is 2.90. The monoisotopic (exact) mass is 497 g/mol. The molecule has 1 saturated heterocycles. The molecular weight excluding hydrogens is 466 g/mol. The molecule has 1 saturated carbocycles. The minimum absolute atomic E-state index is 0.0359. The summed E-state index contributed by atoms with van der Waals surface area (Å²) in [5.41, 5.74) is 0.715. The molecule has 13 nitrogen and oxygen atoms in total. The van der Waals surface area contributed by atoms with Gasteiger partial charge in [0.05, 0.1) is 25.6 Å². The Hall–Kier alpha value is -3.74. The standard InChI is InChI=1S/C23H31N9O4/c1-30(2)21(33)14-35-18-12-24-22(25-13-18)28-16-3-5-17(6-4-16)36-23-29-20(31-7-9-34-10-8-31)11-19-26-15-27-32(19)23/h11-13,15-17H,3-10,14H2,1-2H3,(H,24,25,28). The van der Waals surface area contributed by atoms with Crippen LogP contribution < -0.4 is 19.7 Å². The van der Waals surface area contributed by atoms with Crippen molar-refractivity contribution in [3.8, 4) is 11.8 Å². The molecule has 2 aliphatic rings. The molecule has 0 aromatic carbocycles. The van der Waals surface area contributed by atoms with Gasteiger partial charge in [0.15, 0.2) is 18.0 Å². The van der Waals surface area contributed by atoms with Crippen molar-refractivity contribution in [2.45, 2.75) is 37.8 Å². The first-order valence-electron chi connectivity index (χ1n) is 12.2. The third-order valence-electron chi connectivity index (χ3n) is 6.33. The molecule has 0 spiro atoms. The molecule has 192 valence electrons. The van der Waals surface area contributed by atoms with Crippen LogP contribution in [0.2, 0.25) is 0 Å². The van der Waals surface area contributed by atoms with Gasteiger partial charge in [-0.3, -0.25) is 4.79 Å². The van der Waals surface area contributed by atoms with E-state index in [1.165, 1.54) is 11.2 Å². The lowest BCUT2D eigenvalue weighted by molar-refractivity contribution is -0.130. The summed E-state index contributed by atoms with van der Waals surface area (Å²) < 4.78 is 18.9. The fourth-order valence-electron chi connectivity index (χ4n) is 4.22. The van der Waals surface area contributed by atoms with Crippen molar-refractivity contribution >= 4 is 23.3 Å². The number of hydrogen-bond donors (Lipinski definition) is 1. The number of nitrogens with zero attached hydrogens (tertiary/aromatic N) is 8. The van der Waals surface area contributed by atoms with Gasteiger partial charge in [0, 0.05) is 39.3 Å². The second-order valence-electron chi connectivity index (χ2n) is 9.08. The Morgan fingerprint density at radius 3 is 2.61 bits per heavy atom. The van der Waals surface area contributed by atoms with Crippen molar-refractivity contribution in [1.82, 2.24) is 34.4 Å². The summed E-state index contributed by atoms with van der Waals surface area (Å²) in [4.78, 5) is 33.0. The number of morpholine rings is 1. The van der Waals surface area contributed by atoms with Crippen LogP contribution in [-0.4, -0.2) is 99.5 Å². The maximum atomic E-state index is 11.6. The predicted molar refractivity (Wildman–Crippen MR) is 130 cm³/mol. The molecule has 0 radical (unpaired) electrons. The molecule has 2 fully saturated rings. The first kappa shape index (κ1) is 24.0. The van der Waals surface area contributed by atoms with Crippen LogP contribution in [0.25, 0.3) is 5.65 Å². The zero-order valence-electron chi connectivity index (χ0n) is 20.5. The van der Waals surface area contributed by atoms with Crippen LogP contribution in [0.3, 0.4) is 0 Å². The van der Waals surface area contributed by atoms with Crippen molar-refractivity contribution in [3.05, 3.63) is 24.8 Å². The topological polar surface area (TPSA) is 132 Å². The summed E-state index contributed by atoms with van der Waals surface area (Å²) in [5.74, 6) is 1.71. The Bertz CT molecular complexity index is 1160. The van der Waals surface area contributed by atoms with Gasteiger partial charge in [0.2, 0.25) is 5.95 Å². The number of amides is 1. The number of hydrogen-bond acceptors (Lipinski definition) is 11. The summed E-state index contributed by atoms with van der Waals surface area (Å²) in [6, 6.07) is 2.64. The fourth-order valence-corrected chi connectivity index (χ4v) is 4.22. The minimum Gasteiger partial charge on any atom is -0.481 e. The number of carbonyl (C=O) groups excluding carboxylic acids is 1. The Kier molecular flexibility index (Phi) is 7.26. The molecule has 0 atom stereocenters. The van der Waals surface area contributed by atoms with Gasteiger partial charge in [-0.1, -0.05) is 0 Å². The maximum Gasteiger partial charge on any atom is 0.321 e. The normalized spacial score (nSPS) is 20.2. The molecule has 5 rings (SSSR count). The zero-order valence-corrected chi connectivity index (χ0v) is 20.5. The maximum absolute atomic E-state index is 11.6. The van der Waals surface area contributed by atoms with Crippen LogP contribution in [0.1, 0.15) is 25.7 Å². The van der Waals surface area contributed by atoms with E-state index >= 15 is 0 Å². The molecule has 1 aliphatic carbocycles. The molecule has 1 N–H and O–H groups in total. The van der Waals surface area contributed by atoms with E-state index in [9.17, 15) is 4.79 Å². The molecular formula is C23H31N9O4. The lowest BCUT2D eigenvalue weighted by Crippen LogP contribution is -2.37. The van der Waals surface area contributed by atoms with E-state index in [4.69, 9.17) is 19.2 Å². The summed E-state index contributed by atoms with van der Waals surface area (Å²) in [5, 5.41) is 7.68. The van der Waals surface area contributed by atoms with Crippen molar-refractivity contribution < 1.29 is 19.0 Å². The smallest absolute Gasteiger partial charge is 0.321 e. The number of anilines is 2. The first-order valence-corrected chi connectivity index (χ1v) is 12.2. The summed E-state index contributed by atoms with van der Waals surface area (Å²) in [7, 11) is 3.37. The quantitative estimate of drug-likeness (QED) is 0.478. The molecule has 13 heteroatoms. The van der Waals surface area contributed by atoms with Gasteiger partial charge >= 0.3 is 6.01 Å². The fraction of sp³-hybridized carbons (Fsp3) is 0.565. The number of ether oxygens (including phenoxy) is 3. The highest BCUT2D eigenvalue weighted by molar-refractivity contribution is 5.77. The van der Waals surface area contributed by atoms with E-state index in [0.717, 1.165) is 44.6 Å². The third kappa shape index (κ3) is 5.73. The summed E-state index contributed by atoms with van der Waals surface area (Å²) in [6.07, 6.45) is 8.25. The Morgan fingerprint density at radius 2 is 1.89 bits per heavy atom. The highest BCUT2D eigenvalue weighted by Crippen LogP contribution is 2.27. The molecule has 0 unspecified atom stereocenters. The van der Waals surface area contributed by atoms with Crippen molar-refractivity contribution in [2.24, 2.45) is 0 Å². The van der Waals surface area contributed by atoms with E-state index < -0.39 is 0 Å². The van der Waals surface area contributed by atoms with E-state index in [2.05, 4.69) is 30.3 Å². The number of nitrogens with one attached hydrogen (secondary N) is 1. The average molecular weight is 498 g/mol. The molecule has 4 heterocycles. The number of carbonyl (C=O) groups is 1.